The highest BCUT2D eigenvalue weighted by Gasteiger charge is 2.20. The molecule has 4 rings (SSSR count). The molecule has 0 aliphatic carbocycles. The lowest BCUT2D eigenvalue weighted by molar-refractivity contribution is 0.102. The third kappa shape index (κ3) is 4.35. The molecule has 0 unspecified atom stereocenters. The second-order valence-electron chi connectivity index (χ2n) is 6.55. The first-order chi connectivity index (χ1) is 15.6. The number of anilines is 1. The summed E-state index contributed by atoms with van der Waals surface area (Å²) in [5, 5.41) is 16.1. The van der Waals surface area contributed by atoms with E-state index in [4.69, 9.17) is 14.2 Å². The first-order valence-corrected chi connectivity index (χ1v) is 11.1. The normalized spacial score (nSPS) is 10.8. The Morgan fingerprint density at radius 2 is 1.62 bits per heavy atom. The van der Waals surface area contributed by atoms with Gasteiger partial charge in [0.1, 0.15) is 0 Å². The molecule has 166 valence electrons. The molecule has 9 nitrogen and oxygen atoms in total. The molecular formula is C22H23N5O4S. The first kappa shape index (κ1) is 21.6. The number of rotatable bonds is 9. The van der Waals surface area contributed by atoms with Crippen LogP contribution in [0.4, 0.5) is 5.13 Å². The predicted octanol–water partition coefficient (Wildman–Crippen LogP) is 4.30. The van der Waals surface area contributed by atoms with Crippen molar-refractivity contribution in [3.63, 3.8) is 0 Å². The van der Waals surface area contributed by atoms with Crippen LogP contribution < -0.4 is 19.5 Å². The van der Waals surface area contributed by atoms with E-state index < -0.39 is 0 Å². The summed E-state index contributed by atoms with van der Waals surface area (Å²) in [4.78, 5) is 13.6. The molecule has 0 aliphatic rings. The maximum absolute atomic E-state index is 13.0. The number of ether oxygens (including phenoxy) is 3. The van der Waals surface area contributed by atoms with Crippen molar-refractivity contribution >= 4 is 27.3 Å². The van der Waals surface area contributed by atoms with Crippen LogP contribution in [0.5, 0.6) is 17.2 Å². The summed E-state index contributed by atoms with van der Waals surface area (Å²) in [6, 6.07) is 12.9. The van der Waals surface area contributed by atoms with Crippen LogP contribution in [0, 0.1) is 0 Å². The maximum Gasteiger partial charge on any atom is 0.257 e. The van der Waals surface area contributed by atoms with Crippen molar-refractivity contribution < 1.29 is 19.0 Å². The van der Waals surface area contributed by atoms with E-state index in [1.807, 2.05) is 51.1 Å². The summed E-state index contributed by atoms with van der Waals surface area (Å²) in [5.41, 5.74) is 1.26. The van der Waals surface area contributed by atoms with E-state index in [9.17, 15) is 4.79 Å². The van der Waals surface area contributed by atoms with Gasteiger partial charge in [0.2, 0.25) is 15.8 Å². The number of carbonyl (C=O) groups excluding carboxylic acids is 1. The minimum atomic E-state index is -0.346. The van der Waals surface area contributed by atoms with E-state index in [2.05, 4.69) is 20.6 Å². The number of amides is 1. The number of hydrogen-bond acceptors (Lipinski definition) is 8. The molecule has 2 heterocycles. The highest BCUT2D eigenvalue weighted by Crippen LogP contribution is 2.39. The summed E-state index contributed by atoms with van der Waals surface area (Å²) < 4.78 is 18.7. The number of fused-ring (bicyclic) bond motifs is 1. The van der Waals surface area contributed by atoms with Crippen LogP contribution in [0.1, 0.15) is 31.1 Å². The van der Waals surface area contributed by atoms with Crippen LogP contribution >= 0.6 is 11.3 Å². The van der Waals surface area contributed by atoms with Crippen molar-refractivity contribution in [2.45, 2.75) is 20.8 Å². The van der Waals surface area contributed by atoms with Gasteiger partial charge in [-0.25, -0.2) is 0 Å². The molecule has 1 N–H and O–H groups in total. The number of nitrogens with one attached hydrogen (secondary N) is 1. The molecule has 32 heavy (non-hydrogen) atoms. The van der Waals surface area contributed by atoms with Gasteiger partial charge in [-0.1, -0.05) is 41.7 Å². The summed E-state index contributed by atoms with van der Waals surface area (Å²) in [5.74, 6) is 1.65. The van der Waals surface area contributed by atoms with Gasteiger partial charge in [-0.2, -0.15) is 4.52 Å². The Labute approximate surface area is 189 Å². The number of benzene rings is 2. The van der Waals surface area contributed by atoms with Crippen LogP contribution in [-0.2, 0) is 0 Å². The zero-order chi connectivity index (χ0) is 22.5. The van der Waals surface area contributed by atoms with E-state index in [-0.39, 0.29) is 5.91 Å². The monoisotopic (exact) mass is 453 g/mol. The van der Waals surface area contributed by atoms with E-state index in [1.165, 1.54) is 11.3 Å². The molecule has 0 saturated heterocycles. The molecule has 0 radical (unpaired) electrons. The largest absolute Gasteiger partial charge is 0.490 e. The van der Waals surface area contributed by atoms with Gasteiger partial charge < -0.3 is 14.2 Å². The molecule has 4 aromatic rings. The van der Waals surface area contributed by atoms with Gasteiger partial charge in [-0.3, -0.25) is 10.1 Å². The van der Waals surface area contributed by atoms with Crippen molar-refractivity contribution in [2.24, 2.45) is 0 Å². The molecule has 0 bridgehead atoms. The SMILES string of the molecule is CCOc1cc(C(=O)Nc2nn3c(-c4ccccc4)nnc3s2)cc(OCC)c1OCC. The van der Waals surface area contributed by atoms with Crippen LogP contribution in [0.25, 0.3) is 16.3 Å². The molecule has 0 fully saturated rings. The van der Waals surface area contributed by atoms with Crippen molar-refractivity contribution in [1.82, 2.24) is 19.8 Å². The van der Waals surface area contributed by atoms with Gasteiger partial charge >= 0.3 is 0 Å². The molecule has 0 spiro atoms. The highest BCUT2D eigenvalue weighted by atomic mass is 32.1. The van der Waals surface area contributed by atoms with Crippen molar-refractivity contribution in [3.8, 4) is 28.6 Å². The fraction of sp³-hybridized carbons (Fsp3) is 0.273. The molecule has 2 aromatic carbocycles. The van der Waals surface area contributed by atoms with Gasteiger partial charge in [0.25, 0.3) is 5.91 Å². The van der Waals surface area contributed by atoms with E-state index in [0.29, 0.717) is 58.5 Å². The second-order valence-corrected chi connectivity index (χ2v) is 7.50. The van der Waals surface area contributed by atoms with E-state index >= 15 is 0 Å². The van der Waals surface area contributed by atoms with Crippen LogP contribution in [0.15, 0.2) is 42.5 Å². The van der Waals surface area contributed by atoms with Crippen molar-refractivity contribution in [3.05, 3.63) is 48.0 Å². The Bertz CT molecular complexity index is 1190. The van der Waals surface area contributed by atoms with Crippen molar-refractivity contribution in [1.29, 1.82) is 0 Å². The van der Waals surface area contributed by atoms with E-state index in [1.54, 1.807) is 16.6 Å². The van der Waals surface area contributed by atoms with Crippen LogP contribution in [-0.4, -0.2) is 45.5 Å². The lowest BCUT2D eigenvalue weighted by atomic mass is 10.1. The predicted molar refractivity (Wildman–Crippen MR) is 122 cm³/mol. The standard InChI is InChI=1S/C22H23N5O4S/c1-4-29-16-12-15(13-17(30-5-2)18(16)31-6-3)20(28)23-21-26-27-19(24-25-22(27)32-21)14-10-8-7-9-11-14/h7-13H,4-6H2,1-3H3,(H,23,26,28). The Hall–Kier alpha value is -3.66. The third-order valence-electron chi connectivity index (χ3n) is 4.41. The second kappa shape index (κ2) is 9.65. The topological polar surface area (TPSA) is 99.9 Å². The quantitative estimate of drug-likeness (QED) is 0.403. The Kier molecular flexibility index (Phi) is 6.50. The lowest BCUT2D eigenvalue weighted by Crippen LogP contribution is -2.13. The molecule has 0 aliphatic heterocycles. The number of hydrogen-bond donors (Lipinski definition) is 1. The summed E-state index contributed by atoms with van der Waals surface area (Å²) in [7, 11) is 0. The van der Waals surface area contributed by atoms with Gasteiger partial charge in [0, 0.05) is 11.1 Å². The van der Waals surface area contributed by atoms with Crippen molar-refractivity contribution in [2.75, 3.05) is 25.1 Å². The average molecular weight is 454 g/mol. The van der Waals surface area contributed by atoms with Crippen LogP contribution in [0.2, 0.25) is 0 Å². The van der Waals surface area contributed by atoms with Gasteiger partial charge in [-0.15, -0.1) is 15.3 Å². The maximum atomic E-state index is 13.0. The smallest absolute Gasteiger partial charge is 0.257 e. The Balaban J connectivity index is 1.63. The molecule has 0 saturated carbocycles. The minimum Gasteiger partial charge on any atom is -0.490 e. The van der Waals surface area contributed by atoms with Crippen LogP contribution in [0.3, 0.4) is 0 Å². The third-order valence-corrected chi connectivity index (χ3v) is 5.23. The zero-order valence-electron chi connectivity index (χ0n) is 18.0. The Morgan fingerprint density at radius 1 is 0.969 bits per heavy atom. The molecule has 0 atom stereocenters. The molecule has 2 aromatic heterocycles. The zero-order valence-corrected chi connectivity index (χ0v) is 18.8. The minimum absolute atomic E-state index is 0.346. The molecule has 1 amide bonds. The fourth-order valence-electron chi connectivity index (χ4n) is 3.12. The summed E-state index contributed by atoms with van der Waals surface area (Å²) in [6.45, 7) is 6.91. The fourth-order valence-corrected chi connectivity index (χ4v) is 3.86. The average Bonchev–Trinajstić information content (AvgIpc) is 3.37. The lowest BCUT2D eigenvalue weighted by Gasteiger charge is -2.16. The Morgan fingerprint density at radius 3 is 2.25 bits per heavy atom. The summed E-state index contributed by atoms with van der Waals surface area (Å²) >= 11 is 1.24. The van der Waals surface area contributed by atoms with E-state index in [0.717, 1.165) is 5.56 Å². The number of aromatic nitrogens is 4. The van der Waals surface area contributed by atoms with Gasteiger partial charge in [0.15, 0.2) is 17.3 Å². The highest BCUT2D eigenvalue weighted by molar-refractivity contribution is 7.20. The van der Waals surface area contributed by atoms with Gasteiger partial charge in [0.05, 0.1) is 19.8 Å². The van der Waals surface area contributed by atoms with Gasteiger partial charge in [-0.05, 0) is 32.9 Å². The molecule has 10 heteroatoms. The number of nitrogens with zero attached hydrogens (tertiary/aromatic N) is 4. The molecular weight excluding hydrogens is 430 g/mol. The summed E-state index contributed by atoms with van der Waals surface area (Å²) in [6.07, 6.45) is 0. The number of carbonyl (C=O) groups is 1. The first-order valence-electron chi connectivity index (χ1n) is 10.3.